The summed E-state index contributed by atoms with van der Waals surface area (Å²) in [5.41, 5.74) is 1.80. The highest BCUT2D eigenvalue weighted by molar-refractivity contribution is 7.80. The van der Waals surface area contributed by atoms with Gasteiger partial charge in [-0.2, -0.15) is 0 Å². The molecule has 0 amide bonds. The van der Waals surface area contributed by atoms with Crippen molar-refractivity contribution in [1.29, 1.82) is 0 Å². The first kappa shape index (κ1) is 12.3. The third-order valence-electron chi connectivity index (χ3n) is 2.29. The molecule has 0 aliphatic rings. The SMILES string of the molecule is COc1ccc(NC(=S)Nc2ccncc2)cc1. The zero-order valence-electron chi connectivity index (χ0n) is 9.88. The second-order valence-electron chi connectivity index (χ2n) is 3.54. The van der Waals surface area contributed by atoms with E-state index in [2.05, 4.69) is 15.6 Å². The minimum atomic E-state index is 0.534. The largest absolute Gasteiger partial charge is 0.497 e. The van der Waals surface area contributed by atoms with Crippen LogP contribution in [0, 0.1) is 0 Å². The number of nitrogens with zero attached hydrogens (tertiary/aromatic N) is 1. The van der Waals surface area contributed by atoms with Gasteiger partial charge < -0.3 is 15.4 Å². The van der Waals surface area contributed by atoms with Crippen molar-refractivity contribution in [1.82, 2.24) is 4.98 Å². The van der Waals surface area contributed by atoms with Crippen LogP contribution in [0.3, 0.4) is 0 Å². The maximum atomic E-state index is 5.21. The van der Waals surface area contributed by atoms with Gasteiger partial charge in [-0.15, -0.1) is 0 Å². The molecule has 1 aromatic heterocycles. The van der Waals surface area contributed by atoms with Crippen molar-refractivity contribution in [3.8, 4) is 5.75 Å². The molecule has 2 N–H and O–H groups in total. The van der Waals surface area contributed by atoms with Crippen LogP contribution in [0.25, 0.3) is 0 Å². The summed E-state index contributed by atoms with van der Waals surface area (Å²) >= 11 is 5.21. The Hall–Kier alpha value is -2.14. The fourth-order valence-electron chi connectivity index (χ4n) is 1.40. The number of benzene rings is 1. The summed E-state index contributed by atoms with van der Waals surface area (Å²) in [6.45, 7) is 0. The van der Waals surface area contributed by atoms with Gasteiger partial charge in [0.1, 0.15) is 5.75 Å². The molecule has 0 saturated carbocycles. The lowest BCUT2D eigenvalue weighted by Crippen LogP contribution is -2.18. The van der Waals surface area contributed by atoms with Crippen LogP contribution in [0.4, 0.5) is 11.4 Å². The van der Waals surface area contributed by atoms with E-state index in [1.165, 1.54) is 0 Å². The molecule has 0 aliphatic carbocycles. The molecule has 2 rings (SSSR count). The molecule has 1 heterocycles. The van der Waals surface area contributed by atoms with Crippen LogP contribution in [0.2, 0.25) is 0 Å². The highest BCUT2D eigenvalue weighted by Crippen LogP contribution is 2.15. The molecule has 0 unspecified atom stereocenters. The van der Waals surface area contributed by atoms with Crippen LogP contribution in [0.5, 0.6) is 5.75 Å². The van der Waals surface area contributed by atoms with Crippen molar-refractivity contribution >= 4 is 28.7 Å². The van der Waals surface area contributed by atoms with Gasteiger partial charge in [0.2, 0.25) is 0 Å². The topological polar surface area (TPSA) is 46.2 Å². The van der Waals surface area contributed by atoms with Crippen molar-refractivity contribution in [2.24, 2.45) is 0 Å². The zero-order chi connectivity index (χ0) is 12.8. The molecule has 4 nitrogen and oxygen atoms in total. The van der Waals surface area contributed by atoms with E-state index >= 15 is 0 Å². The van der Waals surface area contributed by atoms with Gasteiger partial charge in [-0.3, -0.25) is 4.98 Å². The van der Waals surface area contributed by atoms with Gasteiger partial charge in [0.15, 0.2) is 5.11 Å². The molecule has 0 bridgehead atoms. The number of nitrogens with one attached hydrogen (secondary N) is 2. The summed E-state index contributed by atoms with van der Waals surface area (Å²) < 4.78 is 5.09. The summed E-state index contributed by atoms with van der Waals surface area (Å²) in [7, 11) is 1.64. The Morgan fingerprint density at radius 2 is 1.56 bits per heavy atom. The molecule has 2 aromatic rings. The lowest BCUT2D eigenvalue weighted by Gasteiger charge is -2.10. The van der Waals surface area contributed by atoms with Crippen molar-refractivity contribution in [2.75, 3.05) is 17.7 Å². The molecular formula is C13H13N3OS. The van der Waals surface area contributed by atoms with E-state index in [0.717, 1.165) is 17.1 Å². The summed E-state index contributed by atoms with van der Waals surface area (Å²) in [5, 5.41) is 6.69. The molecular weight excluding hydrogens is 246 g/mol. The molecule has 0 saturated heterocycles. The van der Waals surface area contributed by atoms with Gasteiger partial charge in [-0.1, -0.05) is 0 Å². The Balaban J connectivity index is 1.94. The van der Waals surface area contributed by atoms with Gasteiger partial charge in [-0.25, -0.2) is 0 Å². The quantitative estimate of drug-likeness (QED) is 0.830. The summed E-state index contributed by atoms with van der Waals surface area (Å²) in [5.74, 6) is 0.813. The van der Waals surface area contributed by atoms with Crippen LogP contribution >= 0.6 is 12.2 Å². The first-order chi connectivity index (χ1) is 8.78. The van der Waals surface area contributed by atoms with Gasteiger partial charge in [-0.05, 0) is 48.6 Å². The molecule has 92 valence electrons. The lowest BCUT2D eigenvalue weighted by atomic mass is 10.3. The second-order valence-corrected chi connectivity index (χ2v) is 3.95. The Morgan fingerprint density at radius 1 is 1.00 bits per heavy atom. The Kier molecular flexibility index (Phi) is 4.09. The van der Waals surface area contributed by atoms with Crippen LogP contribution in [-0.4, -0.2) is 17.2 Å². The summed E-state index contributed by atoms with van der Waals surface area (Å²) in [6.07, 6.45) is 3.41. The minimum Gasteiger partial charge on any atom is -0.497 e. The first-order valence-electron chi connectivity index (χ1n) is 5.40. The number of thiocarbonyl (C=S) groups is 1. The number of methoxy groups -OCH3 is 1. The van der Waals surface area contributed by atoms with Crippen LogP contribution in [-0.2, 0) is 0 Å². The average molecular weight is 259 g/mol. The van der Waals surface area contributed by atoms with E-state index in [4.69, 9.17) is 17.0 Å². The highest BCUT2D eigenvalue weighted by Gasteiger charge is 1.98. The van der Waals surface area contributed by atoms with Crippen molar-refractivity contribution in [3.05, 3.63) is 48.8 Å². The molecule has 0 radical (unpaired) electrons. The Bertz CT molecular complexity index is 514. The van der Waals surface area contributed by atoms with E-state index in [1.54, 1.807) is 19.5 Å². The fourth-order valence-corrected chi connectivity index (χ4v) is 1.64. The maximum absolute atomic E-state index is 5.21. The molecule has 0 aliphatic heterocycles. The normalized spacial score (nSPS) is 9.61. The predicted octanol–water partition coefficient (Wildman–Crippen LogP) is 2.90. The molecule has 1 aromatic carbocycles. The summed E-state index contributed by atoms with van der Waals surface area (Å²) in [6, 6.07) is 11.2. The number of hydrogen-bond acceptors (Lipinski definition) is 3. The zero-order valence-corrected chi connectivity index (χ0v) is 10.7. The second kappa shape index (κ2) is 5.97. The standard InChI is InChI=1S/C13H13N3OS/c1-17-12-4-2-10(3-5-12)15-13(18)16-11-6-8-14-9-7-11/h2-9H,1H3,(H2,14,15,16,18). The third kappa shape index (κ3) is 3.43. The predicted molar refractivity (Wildman–Crippen MR) is 77.1 cm³/mol. The number of pyridine rings is 1. The van der Waals surface area contributed by atoms with Gasteiger partial charge in [0.25, 0.3) is 0 Å². The molecule has 0 fully saturated rings. The average Bonchev–Trinajstić information content (AvgIpc) is 2.40. The van der Waals surface area contributed by atoms with Gasteiger partial charge >= 0.3 is 0 Å². The number of anilines is 2. The van der Waals surface area contributed by atoms with E-state index in [0.29, 0.717) is 5.11 Å². The summed E-state index contributed by atoms with van der Waals surface area (Å²) in [4.78, 5) is 3.94. The van der Waals surface area contributed by atoms with E-state index in [-0.39, 0.29) is 0 Å². The Morgan fingerprint density at radius 3 is 2.11 bits per heavy atom. The maximum Gasteiger partial charge on any atom is 0.175 e. The van der Waals surface area contributed by atoms with Crippen molar-refractivity contribution < 1.29 is 4.74 Å². The molecule has 0 spiro atoms. The van der Waals surface area contributed by atoms with E-state index in [1.807, 2.05) is 36.4 Å². The number of rotatable bonds is 3. The van der Waals surface area contributed by atoms with Crippen LogP contribution in [0.1, 0.15) is 0 Å². The monoisotopic (exact) mass is 259 g/mol. The molecule has 18 heavy (non-hydrogen) atoms. The Labute approximate surface area is 111 Å². The number of hydrogen-bond donors (Lipinski definition) is 2. The van der Waals surface area contributed by atoms with Gasteiger partial charge in [0.05, 0.1) is 7.11 Å². The minimum absolute atomic E-state index is 0.534. The fraction of sp³-hybridized carbons (Fsp3) is 0.0769. The third-order valence-corrected chi connectivity index (χ3v) is 2.49. The number of ether oxygens (including phenoxy) is 1. The number of aromatic nitrogens is 1. The van der Waals surface area contributed by atoms with Crippen molar-refractivity contribution in [3.63, 3.8) is 0 Å². The van der Waals surface area contributed by atoms with Gasteiger partial charge in [0, 0.05) is 23.8 Å². The van der Waals surface area contributed by atoms with E-state index in [9.17, 15) is 0 Å². The van der Waals surface area contributed by atoms with Crippen molar-refractivity contribution in [2.45, 2.75) is 0 Å². The van der Waals surface area contributed by atoms with Crippen LogP contribution in [0.15, 0.2) is 48.8 Å². The van der Waals surface area contributed by atoms with E-state index < -0.39 is 0 Å². The first-order valence-corrected chi connectivity index (χ1v) is 5.81. The molecule has 5 heteroatoms. The highest BCUT2D eigenvalue weighted by atomic mass is 32.1. The smallest absolute Gasteiger partial charge is 0.175 e. The molecule has 0 atom stereocenters. The lowest BCUT2D eigenvalue weighted by molar-refractivity contribution is 0.415. The van der Waals surface area contributed by atoms with Crippen LogP contribution < -0.4 is 15.4 Å².